The molecule has 4 rings (SSSR count). The first-order chi connectivity index (χ1) is 17.5. The number of benzene rings is 3. The third kappa shape index (κ3) is 6.08. The number of methoxy groups -OCH3 is 1. The van der Waals surface area contributed by atoms with Crippen molar-refractivity contribution < 1.29 is 26.9 Å². The zero-order chi connectivity index (χ0) is 26.9. The van der Waals surface area contributed by atoms with Gasteiger partial charge in [-0.15, -0.1) is 0 Å². The molecule has 0 atom stereocenters. The zero-order valence-electron chi connectivity index (χ0n) is 19.3. The van der Waals surface area contributed by atoms with E-state index in [2.05, 4.69) is 0 Å². The minimum atomic E-state index is -4.19. The van der Waals surface area contributed by atoms with Gasteiger partial charge in [-0.3, -0.25) is 14.5 Å². The molecule has 1 heterocycles. The standard InChI is InChI=1S/C25H18Cl3NO6S2/c1-14-3-6-17(7-4-14)37(32,33)35-23-20(28)10-16(11-21(23)34-2)12-22-24(30)29(25(31)36-22)13-15-5-8-18(26)19(27)9-15/h3-12H,13H2,1-2H3/b22-12-. The average molecular weight is 599 g/mol. The highest BCUT2D eigenvalue weighted by atomic mass is 35.5. The molecule has 2 amide bonds. The van der Waals surface area contributed by atoms with Gasteiger partial charge in [-0.2, -0.15) is 8.42 Å². The smallest absolute Gasteiger partial charge is 0.339 e. The Morgan fingerprint density at radius 3 is 2.30 bits per heavy atom. The van der Waals surface area contributed by atoms with Crippen molar-refractivity contribution in [2.24, 2.45) is 0 Å². The second kappa shape index (κ2) is 11.0. The zero-order valence-corrected chi connectivity index (χ0v) is 23.2. The van der Waals surface area contributed by atoms with Gasteiger partial charge in [0.1, 0.15) is 4.90 Å². The molecule has 1 aliphatic heterocycles. The number of amides is 2. The Hall–Kier alpha value is -2.69. The van der Waals surface area contributed by atoms with Crippen LogP contribution in [-0.4, -0.2) is 31.6 Å². The maximum atomic E-state index is 12.9. The van der Waals surface area contributed by atoms with E-state index in [9.17, 15) is 18.0 Å². The van der Waals surface area contributed by atoms with E-state index in [1.807, 2.05) is 6.92 Å². The number of imide groups is 1. The Kier molecular flexibility index (Phi) is 8.11. The van der Waals surface area contributed by atoms with Crippen LogP contribution in [0.25, 0.3) is 6.08 Å². The van der Waals surface area contributed by atoms with Crippen LogP contribution in [0.4, 0.5) is 4.79 Å². The number of carbonyl (C=O) groups excluding carboxylic acids is 2. The van der Waals surface area contributed by atoms with Gasteiger partial charge in [0.05, 0.1) is 33.6 Å². The molecule has 12 heteroatoms. The van der Waals surface area contributed by atoms with E-state index in [1.165, 1.54) is 37.5 Å². The van der Waals surface area contributed by atoms with Crippen molar-refractivity contribution in [1.29, 1.82) is 0 Å². The highest BCUT2D eigenvalue weighted by Crippen LogP contribution is 2.40. The van der Waals surface area contributed by atoms with E-state index in [4.69, 9.17) is 43.7 Å². The van der Waals surface area contributed by atoms with Gasteiger partial charge in [0.2, 0.25) is 5.75 Å². The normalized spacial score (nSPS) is 14.9. The molecule has 192 valence electrons. The molecule has 0 aliphatic carbocycles. The number of carbonyl (C=O) groups is 2. The topological polar surface area (TPSA) is 90.0 Å². The van der Waals surface area contributed by atoms with Crippen LogP contribution in [0.1, 0.15) is 16.7 Å². The summed E-state index contributed by atoms with van der Waals surface area (Å²) in [5, 5.41) is 0.167. The van der Waals surface area contributed by atoms with E-state index in [1.54, 1.807) is 30.3 Å². The summed E-state index contributed by atoms with van der Waals surface area (Å²) in [4.78, 5) is 26.7. The van der Waals surface area contributed by atoms with Crippen LogP contribution >= 0.6 is 46.6 Å². The van der Waals surface area contributed by atoms with Crippen molar-refractivity contribution in [3.8, 4) is 11.5 Å². The Balaban J connectivity index is 1.59. The van der Waals surface area contributed by atoms with Crippen LogP contribution < -0.4 is 8.92 Å². The molecular formula is C25H18Cl3NO6S2. The van der Waals surface area contributed by atoms with Gasteiger partial charge >= 0.3 is 10.1 Å². The molecule has 3 aromatic rings. The molecule has 1 fully saturated rings. The summed E-state index contributed by atoms with van der Waals surface area (Å²) in [7, 11) is -2.86. The molecule has 0 spiro atoms. The van der Waals surface area contributed by atoms with Gasteiger partial charge in [-0.1, -0.05) is 58.6 Å². The Labute approximate surface area is 233 Å². The number of thioether (sulfide) groups is 1. The lowest BCUT2D eigenvalue weighted by Gasteiger charge is -2.14. The number of halogens is 3. The summed E-state index contributed by atoms with van der Waals surface area (Å²) >= 11 is 19.1. The van der Waals surface area contributed by atoms with Crippen LogP contribution in [-0.2, 0) is 21.5 Å². The van der Waals surface area contributed by atoms with Crippen LogP contribution in [0, 0.1) is 6.92 Å². The van der Waals surface area contributed by atoms with E-state index >= 15 is 0 Å². The first-order valence-corrected chi connectivity index (χ1v) is 13.9. The van der Waals surface area contributed by atoms with Crippen molar-refractivity contribution in [3.05, 3.63) is 91.3 Å². The number of hydrogen-bond donors (Lipinski definition) is 0. The SMILES string of the molecule is COc1cc(/C=C2\SC(=O)N(Cc3ccc(Cl)c(Cl)c3)C2=O)cc(Cl)c1OS(=O)(=O)c1ccc(C)cc1. The molecule has 37 heavy (non-hydrogen) atoms. The molecule has 0 N–H and O–H groups in total. The van der Waals surface area contributed by atoms with Gasteiger partial charge in [-0.25, -0.2) is 0 Å². The summed E-state index contributed by atoms with van der Waals surface area (Å²) in [6.07, 6.45) is 1.46. The summed E-state index contributed by atoms with van der Waals surface area (Å²) in [5.74, 6) is -0.669. The van der Waals surface area contributed by atoms with Crippen LogP contribution in [0.15, 0.2) is 64.4 Å². The van der Waals surface area contributed by atoms with Crippen molar-refractivity contribution in [3.63, 3.8) is 0 Å². The minimum Gasteiger partial charge on any atom is -0.493 e. The molecule has 0 radical (unpaired) electrons. The quantitative estimate of drug-likeness (QED) is 0.214. The summed E-state index contributed by atoms with van der Waals surface area (Å²) in [6.45, 7) is 1.85. The average Bonchev–Trinajstić information content (AvgIpc) is 3.10. The van der Waals surface area contributed by atoms with E-state index in [-0.39, 0.29) is 32.9 Å². The van der Waals surface area contributed by atoms with Crippen LogP contribution in [0.2, 0.25) is 15.1 Å². The number of ether oxygens (including phenoxy) is 1. The first-order valence-electron chi connectivity index (χ1n) is 10.6. The van der Waals surface area contributed by atoms with Crippen molar-refractivity contribution in [2.75, 3.05) is 7.11 Å². The van der Waals surface area contributed by atoms with Gasteiger partial charge in [0.25, 0.3) is 11.1 Å². The number of hydrogen-bond acceptors (Lipinski definition) is 7. The third-order valence-corrected chi connectivity index (χ3v) is 8.41. The maximum absolute atomic E-state index is 12.9. The van der Waals surface area contributed by atoms with Crippen molar-refractivity contribution in [1.82, 2.24) is 4.90 Å². The van der Waals surface area contributed by atoms with E-state index in [0.717, 1.165) is 22.2 Å². The van der Waals surface area contributed by atoms with Crippen molar-refractivity contribution in [2.45, 2.75) is 18.4 Å². The monoisotopic (exact) mass is 597 g/mol. The Morgan fingerprint density at radius 2 is 1.65 bits per heavy atom. The molecule has 1 aliphatic rings. The fourth-order valence-electron chi connectivity index (χ4n) is 3.37. The molecular weight excluding hydrogens is 581 g/mol. The lowest BCUT2D eigenvalue weighted by molar-refractivity contribution is -0.123. The Bertz CT molecular complexity index is 1540. The van der Waals surface area contributed by atoms with Gasteiger partial charge in [0, 0.05) is 0 Å². The number of rotatable bonds is 7. The van der Waals surface area contributed by atoms with Crippen molar-refractivity contribution >= 4 is 73.9 Å². The molecule has 7 nitrogen and oxygen atoms in total. The fraction of sp³-hybridized carbons (Fsp3) is 0.120. The fourth-order valence-corrected chi connectivity index (χ4v) is 5.79. The summed E-state index contributed by atoms with van der Waals surface area (Å²) < 4.78 is 36.1. The largest absolute Gasteiger partial charge is 0.493 e. The Morgan fingerprint density at radius 1 is 0.946 bits per heavy atom. The summed E-state index contributed by atoms with van der Waals surface area (Å²) in [6, 6.07) is 13.9. The molecule has 0 aromatic heterocycles. The van der Waals surface area contributed by atoms with E-state index in [0.29, 0.717) is 21.2 Å². The van der Waals surface area contributed by atoms with Gasteiger partial charge in [0.15, 0.2) is 5.75 Å². The first kappa shape index (κ1) is 27.3. The van der Waals surface area contributed by atoms with E-state index < -0.39 is 21.3 Å². The van der Waals surface area contributed by atoms with Gasteiger partial charge in [-0.05, 0) is 72.3 Å². The number of aryl methyl sites for hydroxylation is 1. The lowest BCUT2D eigenvalue weighted by atomic mass is 10.1. The van der Waals surface area contributed by atoms with Crippen LogP contribution in [0.3, 0.4) is 0 Å². The second-order valence-corrected chi connectivity index (χ2v) is 11.7. The minimum absolute atomic E-state index is 0.0205. The highest BCUT2D eigenvalue weighted by Gasteiger charge is 2.35. The summed E-state index contributed by atoms with van der Waals surface area (Å²) in [5.41, 5.74) is 1.93. The second-order valence-electron chi connectivity index (χ2n) is 7.90. The molecule has 1 saturated heterocycles. The molecule has 0 bridgehead atoms. The van der Waals surface area contributed by atoms with Gasteiger partial charge < -0.3 is 8.92 Å². The number of nitrogens with zero attached hydrogens (tertiary/aromatic N) is 1. The lowest BCUT2D eigenvalue weighted by Crippen LogP contribution is -2.27. The predicted octanol–water partition coefficient (Wildman–Crippen LogP) is 6.97. The molecule has 0 saturated carbocycles. The highest BCUT2D eigenvalue weighted by molar-refractivity contribution is 8.18. The van der Waals surface area contributed by atoms with Crippen LogP contribution in [0.5, 0.6) is 11.5 Å². The molecule has 0 unspecified atom stereocenters. The molecule has 3 aromatic carbocycles. The predicted molar refractivity (Wildman–Crippen MR) is 145 cm³/mol. The maximum Gasteiger partial charge on any atom is 0.339 e. The third-order valence-electron chi connectivity index (χ3n) is 5.25.